The molecule has 0 spiro atoms. The summed E-state index contributed by atoms with van der Waals surface area (Å²) >= 11 is 0. The maximum Gasteiger partial charge on any atom is 0.252 e. The zero-order valence-electron chi connectivity index (χ0n) is 16.8. The predicted molar refractivity (Wildman–Crippen MR) is 110 cm³/mol. The molecule has 1 aromatic heterocycles. The van der Waals surface area contributed by atoms with Gasteiger partial charge >= 0.3 is 0 Å². The number of fused-ring (bicyclic) bond motifs is 1. The molecule has 4 nitrogen and oxygen atoms in total. The molecule has 1 saturated carbocycles. The topological polar surface area (TPSA) is 65.8 Å². The van der Waals surface area contributed by atoms with Crippen LogP contribution in [0, 0.1) is 35.0 Å². The van der Waals surface area contributed by atoms with Gasteiger partial charge in [-0.3, -0.25) is 9.78 Å². The summed E-state index contributed by atoms with van der Waals surface area (Å²) in [6.45, 7) is 3.45. The van der Waals surface area contributed by atoms with Crippen LogP contribution in [0.25, 0.3) is 17.2 Å². The quantitative estimate of drug-likeness (QED) is 0.804. The van der Waals surface area contributed by atoms with E-state index in [0.29, 0.717) is 11.3 Å². The fourth-order valence-corrected chi connectivity index (χ4v) is 4.88. The smallest absolute Gasteiger partial charge is 0.252 e. The largest absolute Gasteiger partial charge is 0.353 e. The van der Waals surface area contributed by atoms with Crippen molar-refractivity contribution < 1.29 is 13.6 Å². The minimum absolute atomic E-state index is 0.131. The number of hydrogen-bond acceptors (Lipinski definition) is 3. The van der Waals surface area contributed by atoms with Gasteiger partial charge in [-0.15, -0.1) is 0 Å². The van der Waals surface area contributed by atoms with Gasteiger partial charge in [-0.25, -0.2) is 8.78 Å². The molecule has 0 unspecified atom stereocenters. The number of alkyl halides is 2. The van der Waals surface area contributed by atoms with Gasteiger partial charge in [0.1, 0.15) is 0 Å². The number of nitrogens with one attached hydrogen (secondary N) is 1. The number of aromatic nitrogens is 1. The maximum absolute atomic E-state index is 14.6. The van der Waals surface area contributed by atoms with Crippen LogP contribution in [-0.2, 0) is 4.79 Å². The second-order valence-electron chi connectivity index (χ2n) is 8.30. The molecule has 1 aliphatic carbocycles. The lowest BCUT2D eigenvalue weighted by Crippen LogP contribution is -2.46. The van der Waals surface area contributed by atoms with Crippen molar-refractivity contribution in [3.63, 3.8) is 0 Å². The minimum atomic E-state index is -2.88. The van der Waals surface area contributed by atoms with E-state index in [9.17, 15) is 18.8 Å². The molecule has 2 aromatic rings. The summed E-state index contributed by atoms with van der Waals surface area (Å²) in [5, 5.41) is 12.1. The summed E-state index contributed by atoms with van der Waals surface area (Å²) in [4.78, 5) is 16.6. The third-order valence-electron chi connectivity index (χ3n) is 6.56. The van der Waals surface area contributed by atoms with Gasteiger partial charge in [-0.1, -0.05) is 37.3 Å². The molecule has 154 valence electrons. The Morgan fingerprint density at radius 3 is 2.70 bits per heavy atom. The Balaban J connectivity index is 1.59. The summed E-state index contributed by atoms with van der Waals surface area (Å²) in [6, 6.07) is 13.0. The van der Waals surface area contributed by atoms with E-state index in [1.54, 1.807) is 31.3 Å². The highest BCUT2D eigenvalue weighted by atomic mass is 19.3. The highest BCUT2D eigenvalue weighted by Gasteiger charge is 2.57. The highest BCUT2D eigenvalue weighted by molar-refractivity contribution is 5.82. The third kappa shape index (κ3) is 3.49. The number of amides is 1. The Bertz CT molecular complexity index is 1030. The summed E-state index contributed by atoms with van der Waals surface area (Å²) in [7, 11) is 0. The predicted octanol–water partition coefficient (Wildman–Crippen LogP) is 4.68. The molecule has 30 heavy (non-hydrogen) atoms. The van der Waals surface area contributed by atoms with Gasteiger partial charge in [0.15, 0.2) is 0 Å². The Hall–Kier alpha value is -3.07. The molecule has 2 aliphatic rings. The third-order valence-corrected chi connectivity index (χ3v) is 6.56. The van der Waals surface area contributed by atoms with E-state index in [1.165, 1.54) is 0 Å². The number of nitrogens with zero attached hydrogens (tertiary/aromatic N) is 2. The summed E-state index contributed by atoms with van der Waals surface area (Å²) in [6.07, 6.45) is 4.85. The lowest BCUT2D eigenvalue weighted by atomic mass is 9.64. The van der Waals surface area contributed by atoms with Crippen LogP contribution in [0.1, 0.15) is 31.5 Å². The van der Waals surface area contributed by atoms with E-state index < -0.39 is 23.7 Å². The molecule has 0 radical (unpaired) electrons. The molecular formula is C24H23F2N3O. The lowest BCUT2D eigenvalue weighted by molar-refractivity contribution is -0.144. The average Bonchev–Trinajstić information content (AvgIpc) is 3.01. The summed E-state index contributed by atoms with van der Waals surface area (Å²) < 4.78 is 29.1. The second-order valence-corrected chi connectivity index (χ2v) is 8.30. The van der Waals surface area contributed by atoms with Crippen LogP contribution in [0.2, 0.25) is 0 Å². The normalized spacial score (nSPS) is 30.0. The zero-order chi connectivity index (χ0) is 21.5. The van der Waals surface area contributed by atoms with Gasteiger partial charge < -0.3 is 5.32 Å². The van der Waals surface area contributed by atoms with Crippen LogP contribution in [0.3, 0.4) is 0 Å². The first-order valence-electron chi connectivity index (χ1n) is 10.1. The molecule has 0 bridgehead atoms. The number of hydrogen-bond donors (Lipinski definition) is 1. The van der Waals surface area contributed by atoms with Crippen molar-refractivity contribution in [3.8, 4) is 17.2 Å². The molecule has 1 aliphatic heterocycles. The van der Waals surface area contributed by atoms with E-state index in [4.69, 9.17) is 0 Å². The Morgan fingerprint density at radius 1 is 1.23 bits per heavy atom. The summed E-state index contributed by atoms with van der Waals surface area (Å²) in [5.41, 5.74) is 2.84. The molecule has 1 N–H and O–H groups in total. The van der Waals surface area contributed by atoms with Crippen LogP contribution in [-0.4, -0.2) is 22.9 Å². The van der Waals surface area contributed by atoms with Gasteiger partial charge in [0.05, 0.1) is 17.3 Å². The van der Waals surface area contributed by atoms with Gasteiger partial charge in [0, 0.05) is 41.6 Å². The molecule has 1 saturated heterocycles. The number of rotatable bonds is 3. The highest BCUT2D eigenvalue weighted by Crippen LogP contribution is 2.51. The molecule has 5 atom stereocenters. The van der Waals surface area contributed by atoms with Crippen molar-refractivity contribution >= 4 is 12.0 Å². The summed E-state index contributed by atoms with van der Waals surface area (Å²) in [5.74, 6) is -5.23. The van der Waals surface area contributed by atoms with Crippen molar-refractivity contribution in [2.75, 3.05) is 0 Å². The van der Waals surface area contributed by atoms with E-state index in [2.05, 4.69) is 16.4 Å². The number of halogens is 2. The van der Waals surface area contributed by atoms with Crippen LogP contribution < -0.4 is 5.32 Å². The molecular weight excluding hydrogens is 384 g/mol. The van der Waals surface area contributed by atoms with E-state index in [0.717, 1.165) is 11.1 Å². The Labute approximate surface area is 174 Å². The van der Waals surface area contributed by atoms with Crippen LogP contribution in [0.15, 0.2) is 48.7 Å². The lowest BCUT2D eigenvalue weighted by Gasteiger charge is -2.42. The first-order valence-corrected chi connectivity index (χ1v) is 10.1. The average molecular weight is 407 g/mol. The Morgan fingerprint density at radius 2 is 2.00 bits per heavy atom. The SMILES string of the molecule is C[C@H]1NC(=O)[C@@H]2CC(F)(F)[C@@H](C)[C@H](/C=C/c3ccc(-c4ccccc4C#N)cn3)[C@H]12. The fourth-order valence-electron chi connectivity index (χ4n) is 4.88. The van der Waals surface area contributed by atoms with Crippen LogP contribution in [0.5, 0.6) is 0 Å². The number of allylic oxidation sites excluding steroid dienone is 1. The van der Waals surface area contributed by atoms with Gasteiger partial charge in [0.25, 0.3) is 5.92 Å². The standard InChI is InChI=1S/C24H23F2N3O/c1-14-19(22-15(2)29-23(30)21(22)11-24(14,25)26)10-9-18-8-7-17(13-28-18)20-6-4-3-5-16(20)12-27/h3-10,13-15,19,21-22H,11H2,1-2H3,(H,29,30)/b10-9+/t14-,15+,19-,21+,22-/m0/s1. The van der Waals surface area contributed by atoms with Gasteiger partial charge in [-0.05, 0) is 37.0 Å². The second kappa shape index (κ2) is 7.64. The van der Waals surface area contributed by atoms with E-state index in [-0.39, 0.29) is 24.3 Å². The fraction of sp³-hybridized carbons (Fsp3) is 0.375. The number of nitriles is 1. The van der Waals surface area contributed by atoms with Gasteiger partial charge in [-0.2, -0.15) is 5.26 Å². The van der Waals surface area contributed by atoms with Crippen molar-refractivity contribution in [2.24, 2.45) is 23.7 Å². The monoisotopic (exact) mass is 407 g/mol. The molecule has 1 amide bonds. The molecule has 2 fully saturated rings. The van der Waals surface area contributed by atoms with Crippen LogP contribution >= 0.6 is 0 Å². The minimum Gasteiger partial charge on any atom is -0.353 e. The van der Waals surface area contributed by atoms with Crippen molar-refractivity contribution in [3.05, 3.63) is 59.9 Å². The molecule has 4 rings (SSSR count). The molecule has 1 aromatic carbocycles. The first-order chi connectivity index (χ1) is 14.3. The van der Waals surface area contributed by atoms with E-state index in [1.807, 2.05) is 37.3 Å². The van der Waals surface area contributed by atoms with Crippen molar-refractivity contribution in [1.82, 2.24) is 10.3 Å². The number of carbonyl (C=O) groups is 1. The number of benzene rings is 1. The van der Waals surface area contributed by atoms with Crippen molar-refractivity contribution in [2.45, 2.75) is 32.2 Å². The van der Waals surface area contributed by atoms with Crippen LogP contribution in [0.4, 0.5) is 8.78 Å². The molecule has 2 heterocycles. The van der Waals surface area contributed by atoms with Crippen molar-refractivity contribution in [1.29, 1.82) is 5.26 Å². The zero-order valence-corrected chi connectivity index (χ0v) is 16.8. The number of carbonyl (C=O) groups excluding carboxylic acids is 1. The number of pyridine rings is 1. The first kappa shape index (κ1) is 20.2. The Kier molecular flexibility index (Phi) is 5.15. The maximum atomic E-state index is 14.6. The molecule has 6 heteroatoms. The van der Waals surface area contributed by atoms with Gasteiger partial charge in [0.2, 0.25) is 5.91 Å². The van der Waals surface area contributed by atoms with E-state index >= 15 is 0 Å².